The Balaban J connectivity index is 1.38. The molecule has 0 fully saturated rings. The molecule has 0 radical (unpaired) electrons. The fourth-order valence-electron chi connectivity index (χ4n) is 2.49. The lowest BCUT2D eigenvalue weighted by Crippen LogP contribution is -2.18. The van der Waals surface area contributed by atoms with Crippen molar-refractivity contribution in [3.63, 3.8) is 0 Å². The topological polar surface area (TPSA) is 61.8 Å². The van der Waals surface area contributed by atoms with Gasteiger partial charge in [-0.05, 0) is 48.5 Å². The number of benzene rings is 3. The second-order valence-electron chi connectivity index (χ2n) is 6.03. The van der Waals surface area contributed by atoms with Gasteiger partial charge < -0.3 is 14.2 Å². The van der Waals surface area contributed by atoms with Crippen molar-refractivity contribution in [1.82, 2.24) is 0 Å². The van der Waals surface area contributed by atoms with E-state index in [-0.39, 0.29) is 31.4 Å². The largest absolute Gasteiger partial charge is 0.490 e. The Morgan fingerprint density at radius 3 is 1.97 bits per heavy atom. The number of hydrogen-bond acceptors (Lipinski definition) is 5. The molecule has 0 unspecified atom stereocenters. The van der Waals surface area contributed by atoms with Crippen LogP contribution in [0.2, 0.25) is 0 Å². The van der Waals surface area contributed by atoms with Crippen LogP contribution in [0.15, 0.2) is 78.9 Å². The van der Waals surface area contributed by atoms with Gasteiger partial charge in [-0.2, -0.15) is 0 Å². The molecule has 0 heterocycles. The Bertz CT molecular complexity index is 937. The highest BCUT2D eigenvalue weighted by Crippen LogP contribution is 2.15. The number of carbonyl (C=O) groups excluding carboxylic acids is 2. The van der Waals surface area contributed by atoms with Gasteiger partial charge in [0.1, 0.15) is 30.5 Å². The third-order valence-electron chi connectivity index (χ3n) is 3.94. The predicted molar refractivity (Wildman–Crippen MR) is 105 cm³/mol. The Kier molecular flexibility index (Phi) is 6.95. The summed E-state index contributed by atoms with van der Waals surface area (Å²) < 4.78 is 28.5. The van der Waals surface area contributed by atoms with Crippen LogP contribution in [-0.4, -0.2) is 31.6 Å². The number of ether oxygens (including phenoxy) is 3. The van der Waals surface area contributed by atoms with E-state index in [0.717, 1.165) is 0 Å². The standard InChI is InChI=1S/C23H19FO5/c24-19-8-12-20(13-9-19)27-14-15-28-22(25)16-29-21-10-6-18(7-11-21)23(26)17-4-2-1-3-5-17/h1-13H,14-16H2. The van der Waals surface area contributed by atoms with Crippen molar-refractivity contribution in [2.24, 2.45) is 0 Å². The first-order valence-corrected chi connectivity index (χ1v) is 8.98. The maximum atomic E-state index is 12.8. The highest BCUT2D eigenvalue weighted by Gasteiger charge is 2.09. The van der Waals surface area contributed by atoms with Gasteiger partial charge in [0, 0.05) is 11.1 Å². The number of carbonyl (C=O) groups is 2. The van der Waals surface area contributed by atoms with Gasteiger partial charge in [-0.15, -0.1) is 0 Å². The summed E-state index contributed by atoms with van der Waals surface area (Å²) >= 11 is 0. The summed E-state index contributed by atoms with van der Waals surface area (Å²) in [6, 6.07) is 21.1. The summed E-state index contributed by atoms with van der Waals surface area (Å²) in [6.45, 7) is -0.0692. The minimum absolute atomic E-state index is 0.0457. The number of ketones is 1. The molecule has 5 nitrogen and oxygen atoms in total. The van der Waals surface area contributed by atoms with E-state index in [9.17, 15) is 14.0 Å². The summed E-state index contributed by atoms with van der Waals surface area (Å²) in [4.78, 5) is 24.1. The molecule has 0 atom stereocenters. The molecule has 6 heteroatoms. The molecular weight excluding hydrogens is 375 g/mol. The highest BCUT2D eigenvalue weighted by atomic mass is 19.1. The van der Waals surface area contributed by atoms with E-state index >= 15 is 0 Å². The van der Waals surface area contributed by atoms with Crippen LogP contribution in [0.1, 0.15) is 15.9 Å². The van der Waals surface area contributed by atoms with Crippen molar-refractivity contribution in [1.29, 1.82) is 0 Å². The van der Waals surface area contributed by atoms with Gasteiger partial charge >= 0.3 is 5.97 Å². The van der Waals surface area contributed by atoms with E-state index in [4.69, 9.17) is 14.2 Å². The van der Waals surface area contributed by atoms with Crippen LogP contribution in [0.25, 0.3) is 0 Å². The third-order valence-corrected chi connectivity index (χ3v) is 3.94. The quantitative estimate of drug-likeness (QED) is 0.311. The lowest BCUT2D eigenvalue weighted by Gasteiger charge is -2.09. The smallest absolute Gasteiger partial charge is 0.344 e. The van der Waals surface area contributed by atoms with E-state index in [1.54, 1.807) is 48.5 Å². The van der Waals surface area contributed by atoms with E-state index in [2.05, 4.69) is 0 Å². The molecule has 0 aromatic heterocycles. The average molecular weight is 394 g/mol. The predicted octanol–water partition coefficient (Wildman–Crippen LogP) is 4.06. The van der Waals surface area contributed by atoms with E-state index in [1.807, 2.05) is 6.07 Å². The van der Waals surface area contributed by atoms with Crippen LogP contribution in [-0.2, 0) is 9.53 Å². The monoisotopic (exact) mass is 394 g/mol. The van der Waals surface area contributed by atoms with Crippen molar-refractivity contribution in [3.05, 3.63) is 95.8 Å². The minimum atomic E-state index is -0.544. The van der Waals surface area contributed by atoms with Crippen LogP contribution in [0.5, 0.6) is 11.5 Å². The third kappa shape index (κ3) is 6.17. The number of esters is 1. The van der Waals surface area contributed by atoms with Crippen LogP contribution >= 0.6 is 0 Å². The molecule has 3 aromatic carbocycles. The van der Waals surface area contributed by atoms with Crippen molar-refractivity contribution in [3.8, 4) is 11.5 Å². The maximum absolute atomic E-state index is 12.8. The SMILES string of the molecule is O=C(COc1ccc(C(=O)c2ccccc2)cc1)OCCOc1ccc(F)cc1. The molecule has 3 rings (SSSR count). The van der Waals surface area contributed by atoms with Crippen LogP contribution in [0.4, 0.5) is 4.39 Å². The van der Waals surface area contributed by atoms with Gasteiger partial charge in [-0.3, -0.25) is 4.79 Å². The van der Waals surface area contributed by atoms with Crippen LogP contribution in [0.3, 0.4) is 0 Å². The second-order valence-corrected chi connectivity index (χ2v) is 6.03. The Labute approximate surface area is 167 Å². The van der Waals surface area contributed by atoms with E-state index in [0.29, 0.717) is 22.6 Å². The highest BCUT2D eigenvalue weighted by molar-refractivity contribution is 6.08. The summed E-state index contributed by atoms with van der Waals surface area (Å²) in [5, 5.41) is 0. The molecule has 148 valence electrons. The fourth-order valence-corrected chi connectivity index (χ4v) is 2.49. The zero-order chi connectivity index (χ0) is 20.5. The number of hydrogen-bond donors (Lipinski definition) is 0. The van der Waals surface area contributed by atoms with Gasteiger partial charge in [-0.1, -0.05) is 30.3 Å². The molecule has 0 saturated carbocycles. The molecule has 0 aliphatic heterocycles. The average Bonchev–Trinajstić information content (AvgIpc) is 2.77. The Morgan fingerprint density at radius 2 is 1.28 bits per heavy atom. The van der Waals surface area contributed by atoms with E-state index < -0.39 is 5.97 Å². The zero-order valence-corrected chi connectivity index (χ0v) is 15.5. The lowest BCUT2D eigenvalue weighted by molar-refractivity contribution is -0.146. The molecule has 0 saturated heterocycles. The minimum Gasteiger partial charge on any atom is -0.490 e. The molecule has 3 aromatic rings. The maximum Gasteiger partial charge on any atom is 0.344 e. The van der Waals surface area contributed by atoms with Crippen molar-refractivity contribution in [2.75, 3.05) is 19.8 Å². The molecule has 0 bridgehead atoms. The summed E-state index contributed by atoms with van der Waals surface area (Å²) in [6.07, 6.45) is 0. The van der Waals surface area contributed by atoms with Gasteiger partial charge in [0.25, 0.3) is 0 Å². The van der Waals surface area contributed by atoms with Crippen LogP contribution in [0, 0.1) is 5.82 Å². The second kappa shape index (κ2) is 10.0. The normalized spacial score (nSPS) is 10.2. The molecule has 0 amide bonds. The van der Waals surface area contributed by atoms with Crippen molar-refractivity contribution in [2.45, 2.75) is 0 Å². The van der Waals surface area contributed by atoms with Crippen molar-refractivity contribution >= 4 is 11.8 Å². The van der Waals surface area contributed by atoms with Crippen LogP contribution < -0.4 is 9.47 Å². The zero-order valence-electron chi connectivity index (χ0n) is 15.5. The lowest BCUT2D eigenvalue weighted by atomic mass is 10.0. The molecule has 0 N–H and O–H groups in total. The van der Waals surface area contributed by atoms with Gasteiger partial charge in [0.05, 0.1) is 0 Å². The number of rotatable bonds is 9. The molecule has 0 aliphatic carbocycles. The molecule has 0 aliphatic rings. The first-order chi connectivity index (χ1) is 14.1. The summed E-state index contributed by atoms with van der Waals surface area (Å²) in [5.41, 5.74) is 1.14. The summed E-state index contributed by atoms with van der Waals surface area (Å²) in [5.74, 6) is -0.0359. The number of halogens is 1. The first-order valence-electron chi connectivity index (χ1n) is 8.98. The molecule has 0 spiro atoms. The Morgan fingerprint density at radius 1 is 0.690 bits per heavy atom. The fraction of sp³-hybridized carbons (Fsp3) is 0.130. The Hall–Kier alpha value is -3.67. The summed E-state index contributed by atoms with van der Waals surface area (Å²) in [7, 11) is 0. The molecule has 29 heavy (non-hydrogen) atoms. The van der Waals surface area contributed by atoms with Crippen molar-refractivity contribution < 1.29 is 28.2 Å². The van der Waals surface area contributed by atoms with Gasteiger partial charge in [-0.25, -0.2) is 9.18 Å². The molecular formula is C23H19FO5. The van der Waals surface area contributed by atoms with Gasteiger partial charge in [0.2, 0.25) is 0 Å². The van der Waals surface area contributed by atoms with Gasteiger partial charge in [0.15, 0.2) is 12.4 Å². The first kappa shape index (κ1) is 20.1. The van der Waals surface area contributed by atoms with E-state index in [1.165, 1.54) is 24.3 Å².